The van der Waals surface area contributed by atoms with E-state index in [1.165, 1.54) is 15.8 Å². The van der Waals surface area contributed by atoms with Crippen molar-refractivity contribution in [3.05, 3.63) is 65.6 Å². The van der Waals surface area contributed by atoms with Crippen molar-refractivity contribution in [1.29, 1.82) is 0 Å². The first-order valence-electron chi connectivity index (χ1n) is 18.4. The Kier molecular flexibility index (Phi) is 12.5. The Morgan fingerprint density at radius 3 is 2.36 bits per heavy atom. The summed E-state index contributed by atoms with van der Waals surface area (Å²) < 4.78 is 12.2. The lowest BCUT2D eigenvalue weighted by atomic mass is 10.0. The number of hydrogen-bond acceptors (Lipinski definition) is 14. The van der Waals surface area contributed by atoms with Gasteiger partial charge in [-0.05, 0) is 89.0 Å². The number of allylic oxidation sites excluding steroid dienone is 1. The zero-order valence-corrected chi connectivity index (χ0v) is 32.8. The number of aromatic nitrogens is 6. The first-order chi connectivity index (χ1) is 26.4. The lowest BCUT2D eigenvalue weighted by Crippen LogP contribution is -2.56. The van der Waals surface area contributed by atoms with E-state index in [1.807, 2.05) is 12.2 Å². The highest BCUT2D eigenvalue weighted by Gasteiger charge is 2.62. The van der Waals surface area contributed by atoms with E-state index >= 15 is 0 Å². The Bertz CT molecular complexity index is 1960. The van der Waals surface area contributed by atoms with E-state index in [0.717, 1.165) is 42.8 Å². The van der Waals surface area contributed by atoms with Gasteiger partial charge in [0.25, 0.3) is 5.56 Å². The summed E-state index contributed by atoms with van der Waals surface area (Å²) in [6.45, 7) is 6.94. The quantitative estimate of drug-likeness (QED) is 0.188. The van der Waals surface area contributed by atoms with Crippen molar-refractivity contribution in [2.24, 2.45) is 5.92 Å². The maximum absolute atomic E-state index is 14.6. The molecule has 1 unspecified atom stereocenters. The van der Waals surface area contributed by atoms with Gasteiger partial charge < -0.3 is 25.0 Å². The van der Waals surface area contributed by atoms with Gasteiger partial charge in [-0.25, -0.2) is 34.2 Å². The van der Waals surface area contributed by atoms with Crippen molar-refractivity contribution in [2.75, 3.05) is 13.2 Å². The summed E-state index contributed by atoms with van der Waals surface area (Å²) >= 11 is 2.21. The van der Waals surface area contributed by atoms with Crippen molar-refractivity contribution < 1.29 is 28.7 Å². The number of carbonyl (C=O) groups excluding carboxylic acids is 4. The van der Waals surface area contributed by atoms with Crippen LogP contribution in [-0.2, 0) is 23.9 Å². The molecule has 3 aromatic heterocycles. The van der Waals surface area contributed by atoms with Crippen LogP contribution in [0.5, 0.6) is 0 Å². The maximum atomic E-state index is 14.6. The molecule has 3 amide bonds. The zero-order chi connectivity index (χ0) is 39.2. The van der Waals surface area contributed by atoms with E-state index in [1.54, 1.807) is 64.6 Å². The highest BCUT2D eigenvalue weighted by Crippen LogP contribution is 2.46. The van der Waals surface area contributed by atoms with Crippen molar-refractivity contribution in [1.82, 2.24) is 45.2 Å². The average molecular weight is 792 g/mol. The number of amides is 3. The Hall–Kier alpha value is -4.84. The van der Waals surface area contributed by atoms with Crippen LogP contribution in [0.4, 0.5) is 4.79 Å². The molecule has 16 nitrogen and oxygen atoms in total. The van der Waals surface area contributed by atoms with Crippen LogP contribution < -0.4 is 16.2 Å². The molecule has 1 saturated heterocycles. The molecule has 2 fully saturated rings. The topological polar surface area (TPSA) is 200 Å². The molecule has 5 atom stereocenters. The zero-order valence-electron chi connectivity index (χ0n) is 31.2. The molecule has 18 heteroatoms. The smallest absolute Gasteiger partial charge is 0.408 e. The van der Waals surface area contributed by atoms with E-state index in [4.69, 9.17) is 9.47 Å². The Labute approximate surface area is 327 Å². The number of alkyl carbamates (subject to hydrolysis) is 1. The number of nitrogens with one attached hydrogen (secondary N) is 2. The largest absolute Gasteiger partial charge is 0.464 e. The van der Waals surface area contributed by atoms with Gasteiger partial charge in [0.05, 0.1) is 28.6 Å². The molecular formula is C37H45N9O7S2. The number of ether oxygens (including phenoxy) is 2. The van der Waals surface area contributed by atoms with Crippen LogP contribution in [0.25, 0.3) is 0 Å². The second-order valence-corrected chi connectivity index (χ2v) is 16.5. The van der Waals surface area contributed by atoms with Crippen LogP contribution in [0, 0.1) is 5.92 Å². The summed E-state index contributed by atoms with van der Waals surface area (Å²) in [4.78, 5) is 89.0. The minimum absolute atomic E-state index is 0.00325. The lowest BCUT2D eigenvalue weighted by Gasteiger charge is -2.30. The fourth-order valence-corrected chi connectivity index (χ4v) is 8.38. The van der Waals surface area contributed by atoms with Gasteiger partial charge in [-0.2, -0.15) is 5.10 Å². The first kappa shape index (κ1) is 39.8. The lowest BCUT2D eigenvalue weighted by molar-refractivity contribution is -0.150. The number of hydrogen-bond donors (Lipinski definition) is 2. The van der Waals surface area contributed by atoms with Crippen molar-refractivity contribution in [2.45, 2.75) is 122 Å². The minimum Gasteiger partial charge on any atom is -0.464 e. The second kappa shape index (κ2) is 17.3. The molecule has 2 N–H and O–H groups in total. The monoisotopic (exact) mass is 791 g/mol. The molecule has 0 spiro atoms. The maximum Gasteiger partial charge on any atom is 0.408 e. The number of nitrogens with zero attached hydrogens (tertiary/aromatic N) is 7. The van der Waals surface area contributed by atoms with Gasteiger partial charge in [0, 0.05) is 43.7 Å². The number of fused-ring (bicyclic) bond motifs is 2. The minimum atomic E-state index is -1.28. The summed E-state index contributed by atoms with van der Waals surface area (Å²) in [7, 11) is 0. The van der Waals surface area contributed by atoms with Crippen LogP contribution in [0.15, 0.2) is 80.2 Å². The third-order valence-corrected chi connectivity index (χ3v) is 11.4. The molecule has 3 aliphatic rings. The molecule has 0 aromatic carbocycles. The molecule has 292 valence electrons. The average Bonchev–Trinajstić information content (AvgIpc) is 3.66. The second-order valence-electron chi connectivity index (χ2n) is 14.5. The molecule has 55 heavy (non-hydrogen) atoms. The van der Waals surface area contributed by atoms with Gasteiger partial charge in [0.2, 0.25) is 11.8 Å². The molecule has 6 rings (SSSR count). The van der Waals surface area contributed by atoms with E-state index in [9.17, 15) is 24.0 Å². The molecule has 1 aliphatic carbocycles. The predicted molar refractivity (Wildman–Crippen MR) is 201 cm³/mol. The summed E-state index contributed by atoms with van der Waals surface area (Å²) in [5, 5.41) is 11.0. The molecule has 5 heterocycles. The normalized spacial score (nSPS) is 24.4. The fourth-order valence-electron chi connectivity index (χ4n) is 6.68. The fraction of sp³-hybridized carbons (Fsp3) is 0.514. The SMILES string of the molecule is CCOC(=O)[C@@]12C[C@H]1C=CCCCCC[C@H](NC(=O)OC(C)(C)C)C(=O)N1C[C@H](n3ncc(Sc4ncccn4)c(Sc4ncccn4)c3=O)CC1C(=O)N2. The Balaban J connectivity index is 1.37. The van der Waals surface area contributed by atoms with Crippen LogP contribution in [0.3, 0.4) is 0 Å². The van der Waals surface area contributed by atoms with E-state index in [0.29, 0.717) is 34.5 Å². The molecular weight excluding hydrogens is 747 g/mol. The molecule has 0 radical (unpaired) electrons. The molecule has 1 saturated carbocycles. The highest BCUT2D eigenvalue weighted by atomic mass is 32.2. The summed E-state index contributed by atoms with van der Waals surface area (Å²) in [6, 6.07) is 0.458. The number of esters is 1. The Morgan fingerprint density at radius 2 is 1.69 bits per heavy atom. The third-order valence-electron chi connectivity index (χ3n) is 9.34. The van der Waals surface area contributed by atoms with Crippen LogP contribution in [0.1, 0.15) is 78.7 Å². The van der Waals surface area contributed by atoms with Gasteiger partial charge in [0.15, 0.2) is 10.3 Å². The van der Waals surface area contributed by atoms with Crippen LogP contribution in [0.2, 0.25) is 0 Å². The first-order valence-corrected chi connectivity index (χ1v) is 20.0. The van der Waals surface area contributed by atoms with Gasteiger partial charge >= 0.3 is 12.1 Å². The third kappa shape index (κ3) is 9.70. The van der Waals surface area contributed by atoms with E-state index in [2.05, 4.69) is 35.7 Å². The summed E-state index contributed by atoms with van der Waals surface area (Å²) in [5.41, 5.74) is -2.58. The van der Waals surface area contributed by atoms with Crippen molar-refractivity contribution in [3.8, 4) is 0 Å². The standard InChI is InChI=1S/C37H45N9O7S2/c1-5-52-32(50)37-20-23(37)13-9-7-6-8-10-14-25(43-35(51)53-36(2,3)4)30(48)45-22-24(19-26(45)29(47)44-37)46-31(49)28(55-34-40-17-12-18-41-34)27(21-42-46)54-33-38-15-11-16-39-33/h9,11-13,15-18,21,23-26H,5-8,10,14,19-20,22H2,1-4H3,(H,43,51)(H,44,47)/t23-,24-,25+,26?,37-/m1/s1. The van der Waals surface area contributed by atoms with Crippen molar-refractivity contribution in [3.63, 3.8) is 0 Å². The van der Waals surface area contributed by atoms with Gasteiger partial charge in [-0.1, -0.05) is 25.0 Å². The predicted octanol–water partition coefficient (Wildman–Crippen LogP) is 4.12. The van der Waals surface area contributed by atoms with E-state index in [-0.39, 0.29) is 30.4 Å². The van der Waals surface area contributed by atoms with Gasteiger partial charge in [0.1, 0.15) is 23.2 Å². The summed E-state index contributed by atoms with van der Waals surface area (Å²) in [5.74, 6) is -1.89. The van der Waals surface area contributed by atoms with Crippen LogP contribution >= 0.6 is 23.5 Å². The molecule has 0 bridgehead atoms. The number of rotatable bonds is 8. The van der Waals surface area contributed by atoms with Crippen LogP contribution in [-0.4, -0.2) is 94.9 Å². The van der Waals surface area contributed by atoms with Gasteiger partial charge in [-0.3, -0.25) is 14.4 Å². The van der Waals surface area contributed by atoms with E-state index < -0.39 is 58.7 Å². The van der Waals surface area contributed by atoms with Gasteiger partial charge in [-0.15, -0.1) is 0 Å². The number of carbonyl (C=O) groups is 4. The van der Waals surface area contributed by atoms with Crippen molar-refractivity contribution >= 4 is 47.4 Å². The molecule has 3 aromatic rings. The Morgan fingerprint density at radius 1 is 1.00 bits per heavy atom. The summed E-state index contributed by atoms with van der Waals surface area (Å²) in [6.07, 6.45) is 14.7. The molecule has 2 aliphatic heterocycles. The highest BCUT2D eigenvalue weighted by molar-refractivity contribution is 8.02.